The topological polar surface area (TPSA) is 60.3 Å². The minimum absolute atomic E-state index is 0.335. The van der Waals surface area contributed by atoms with Crippen molar-refractivity contribution in [2.75, 3.05) is 11.9 Å². The number of anilines is 1. The van der Waals surface area contributed by atoms with Gasteiger partial charge in [-0.3, -0.25) is 4.79 Å². The summed E-state index contributed by atoms with van der Waals surface area (Å²) in [6, 6.07) is 17.1. The van der Waals surface area contributed by atoms with Gasteiger partial charge in [0.2, 0.25) is 0 Å². The zero-order valence-electron chi connectivity index (χ0n) is 16.6. The second kappa shape index (κ2) is 8.13. The van der Waals surface area contributed by atoms with Crippen molar-refractivity contribution in [2.24, 2.45) is 0 Å². The molecule has 0 atom stereocenters. The summed E-state index contributed by atoms with van der Waals surface area (Å²) in [5.74, 6) is -0.893. The number of carbonyl (C=O) groups excluding carboxylic acids is 2. The van der Waals surface area contributed by atoms with Gasteiger partial charge >= 0.3 is 5.97 Å². The lowest BCUT2D eigenvalue weighted by Gasteiger charge is -2.12. The highest BCUT2D eigenvalue weighted by atomic mass is 16.5. The SMILES string of the molecule is Cc1ccc(C)c(NC(=O)COC(=O)c2cccc(-n3c(C)ccc3C)c2)c1. The summed E-state index contributed by atoms with van der Waals surface area (Å²) in [6.07, 6.45) is 0. The van der Waals surface area contributed by atoms with E-state index in [9.17, 15) is 9.59 Å². The number of ether oxygens (including phenoxy) is 1. The van der Waals surface area contributed by atoms with Crippen molar-refractivity contribution in [3.05, 3.63) is 82.7 Å². The lowest BCUT2D eigenvalue weighted by Crippen LogP contribution is -2.21. The van der Waals surface area contributed by atoms with Crippen LogP contribution in [0.2, 0.25) is 0 Å². The lowest BCUT2D eigenvalue weighted by molar-refractivity contribution is -0.119. The molecular weight excluding hydrogens is 352 g/mol. The molecule has 0 aliphatic carbocycles. The Labute approximate surface area is 165 Å². The molecule has 144 valence electrons. The van der Waals surface area contributed by atoms with E-state index in [0.29, 0.717) is 5.56 Å². The predicted octanol–water partition coefficient (Wildman–Crippen LogP) is 4.51. The van der Waals surface area contributed by atoms with Crippen molar-refractivity contribution in [1.82, 2.24) is 4.57 Å². The van der Waals surface area contributed by atoms with Crippen molar-refractivity contribution in [3.8, 4) is 5.69 Å². The van der Waals surface area contributed by atoms with E-state index in [4.69, 9.17) is 4.74 Å². The highest BCUT2D eigenvalue weighted by Crippen LogP contribution is 2.18. The number of esters is 1. The zero-order valence-corrected chi connectivity index (χ0v) is 16.6. The molecule has 0 aliphatic rings. The molecule has 0 saturated carbocycles. The molecule has 0 spiro atoms. The number of nitrogens with one attached hydrogen (secondary N) is 1. The lowest BCUT2D eigenvalue weighted by atomic mass is 10.1. The van der Waals surface area contributed by atoms with Crippen LogP contribution in [0.5, 0.6) is 0 Å². The normalized spacial score (nSPS) is 10.6. The number of hydrogen-bond acceptors (Lipinski definition) is 3. The van der Waals surface area contributed by atoms with Gasteiger partial charge in [0.25, 0.3) is 5.91 Å². The molecule has 2 aromatic carbocycles. The van der Waals surface area contributed by atoms with Crippen molar-refractivity contribution < 1.29 is 14.3 Å². The summed E-state index contributed by atoms with van der Waals surface area (Å²) in [6.45, 7) is 7.55. The number of aromatic nitrogens is 1. The van der Waals surface area contributed by atoms with Crippen LogP contribution in [0.3, 0.4) is 0 Å². The monoisotopic (exact) mass is 376 g/mol. The van der Waals surface area contributed by atoms with Gasteiger partial charge in [-0.1, -0.05) is 18.2 Å². The Morgan fingerprint density at radius 3 is 2.36 bits per heavy atom. The molecule has 0 fully saturated rings. The fourth-order valence-corrected chi connectivity index (χ4v) is 3.12. The van der Waals surface area contributed by atoms with Crippen LogP contribution in [0.15, 0.2) is 54.6 Å². The Bertz CT molecular complexity index is 1010. The minimum Gasteiger partial charge on any atom is -0.452 e. The number of nitrogens with zero attached hydrogens (tertiary/aromatic N) is 1. The van der Waals surface area contributed by atoms with E-state index in [0.717, 1.165) is 33.9 Å². The van der Waals surface area contributed by atoms with E-state index >= 15 is 0 Å². The summed E-state index contributed by atoms with van der Waals surface area (Å²) in [5, 5.41) is 2.79. The van der Waals surface area contributed by atoms with E-state index in [1.165, 1.54) is 0 Å². The molecule has 5 heteroatoms. The van der Waals surface area contributed by atoms with Crippen LogP contribution in [-0.4, -0.2) is 23.1 Å². The minimum atomic E-state index is -0.527. The van der Waals surface area contributed by atoms with E-state index in [1.54, 1.807) is 18.2 Å². The number of aryl methyl sites for hydroxylation is 4. The number of benzene rings is 2. The van der Waals surface area contributed by atoms with Crippen LogP contribution in [0.4, 0.5) is 5.69 Å². The molecule has 0 bridgehead atoms. The summed E-state index contributed by atoms with van der Waals surface area (Å²) < 4.78 is 7.26. The Balaban J connectivity index is 1.66. The quantitative estimate of drug-likeness (QED) is 0.667. The fraction of sp³-hybridized carbons (Fsp3) is 0.217. The van der Waals surface area contributed by atoms with Crippen LogP contribution in [0.1, 0.15) is 32.9 Å². The van der Waals surface area contributed by atoms with Gasteiger partial charge < -0.3 is 14.6 Å². The smallest absolute Gasteiger partial charge is 0.338 e. The molecule has 28 heavy (non-hydrogen) atoms. The second-order valence-electron chi connectivity index (χ2n) is 6.94. The number of carbonyl (C=O) groups is 2. The van der Waals surface area contributed by atoms with Gasteiger partial charge in [0.15, 0.2) is 6.61 Å². The maximum Gasteiger partial charge on any atom is 0.338 e. The highest BCUT2D eigenvalue weighted by Gasteiger charge is 2.13. The average molecular weight is 376 g/mol. The first-order valence-electron chi connectivity index (χ1n) is 9.15. The predicted molar refractivity (Wildman–Crippen MR) is 110 cm³/mol. The van der Waals surface area contributed by atoms with Crippen molar-refractivity contribution >= 4 is 17.6 Å². The molecule has 0 saturated heterocycles. The molecule has 0 radical (unpaired) electrons. The summed E-state index contributed by atoms with van der Waals surface area (Å²) in [7, 11) is 0. The Hall–Kier alpha value is -3.34. The molecule has 1 aromatic heterocycles. The molecular formula is C23H24N2O3. The molecule has 3 aromatic rings. The Morgan fingerprint density at radius 1 is 0.929 bits per heavy atom. The van der Waals surface area contributed by atoms with Crippen molar-refractivity contribution in [1.29, 1.82) is 0 Å². The van der Waals surface area contributed by atoms with Gasteiger partial charge in [-0.2, -0.15) is 0 Å². The van der Waals surface area contributed by atoms with Gasteiger partial charge in [0.05, 0.1) is 5.56 Å². The standard InChI is InChI=1S/C23H24N2O3/c1-15-8-9-16(2)21(12-15)24-22(26)14-28-23(27)19-6-5-7-20(13-19)25-17(3)10-11-18(25)4/h5-13H,14H2,1-4H3,(H,24,26). The molecule has 3 rings (SSSR count). The van der Waals surface area contributed by atoms with E-state index in [1.807, 2.05) is 64.1 Å². The summed E-state index contributed by atoms with van der Waals surface area (Å²) in [4.78, 5) is 24.6. The molecule has 5 nitrogen and oxygen atoms in total. The zero-order chi connectivity index (χ0) is 20.3. The highest BCUT2D eigenvalue weighted by molar-refractivity contribution is 5.96. The van der Waals surface area contributed by atoms with Crippen molar-refractivity contribution in [3.63, 3.8) is 0 Å². The van der Waals surface area contributed by atoms with Crippen molar-refractivity contribution in [2.45, 2.75) is 27.7 Å². The molecule has 1 amide bonds. The van der Waals surface area contributed by atoms with E-state index in [2.05, 4.69) is 9.88 Å². The molecule has 0 aliphatic heterocycles. The first-order chi connectivity index (χ1) is 13.3. The third-order valence-electron chi connectivity index (χ3n) is 4.61. The Morgan fingerprint density at radius 2 is 1.64 bits per heavy atom. The maximum atomic E-state index is 12.4. The third kappa shape index (κ3) is 4.31. The second-order valence-corrected chi connectivity index (χ2v) is 6.94. The summed E-state index contributed by atoms with van der Waals surface area (Å²) >= 11 is 0. The van der Waals surface area contributed by atoms with Crippen LogP contribution in [0, 0.1) is 27.7 Å². The largest absolute Gasteiger partial charge is 0.452 e. The fourth-order valence-electron chi connectivity index (χ4n) is 3.12. The molecule has 0 unspecified atom stereocenters. The van der Waals surface area contributed by atoms with Crippen LogP contribution in [0.25, 0.3) is 5.69 Å². The average Bonchev–Trinajstić information content (AvgIpc) is 3.01. The Kier molecular flexibility index (Phi) is 5.64. The van der Waals surface area contributed by atoms with Gasteiger partial charge in [0.1, 0.15) is 0 Å². The van der Waals surface area contributed by atoms with Gasteiger partial charge in [-0.15, -0.1) is 0 Å². The molecule has 1 N–H and O–H groups in total. The number of rotatable bonds is 5. The first-order valence-corrected chi connectivity index (χ1v) is 9.15. The first kappa shape index (κ1) is 19.4. The third-order valence-corrected chi connectivity index (χ3v) is 4.61. The van der Waals surface area contributed by atoms with E-state index in [-0.39, 0.29) is 12.5 Å². The van der Waals surface area contributed by atoms with Crippen LogP contribution < -0.4 is 5.32 Å². The van der Waals surface area contributed by atoms with Gasteiger partial charge in [-0.05, 0) is 75.2 Å². The maximum absolute atomic E-state index is 12.4. The van der Waals surface area contributed by atoms with Crippen LogP contribution in [-0.2, 0) is 9.53 Å². The summed E-state index contributed by atoms with van der Waals surface area (Å²) in [5.41, 5.74) is 6.17. The van der Waals surface area contributed by atoms with Gasteiger partial charge in [0, 0.05) is 22.8 Å². The van der Waals surface area contributed by atoms with E-state index < -0.39 is 5.97 Å². The van der Waals surface area contributed by atoms with Gasteiger partial charge in [-0.25, -0.2) is 4.79 Å². The number of amides is 1. The van der Waals surface area contributed by atoms with Crippen LogP contribution >= 0.6 is 0 Å². The molecule has 1 heterocycles. The number of hydrogen-bond donors (Lipinski definition) is 1.